The third-order valence-corrected chi connectivity index (χ3v) is 4.76. The lowest BCUT2D eigenvalue weighted by Crippen LogP contribution is -2.27. The Labute approximate surface area is 162 Å². The van der Waals surface area contributed by atoms with Crippen LogP contribution in [-0.2, 0) is 6.54 Å². The first-order valence-electron chi connectivity index (χ1n) is 8.74. The summed E-state index contributed by atoms with van der Waals surface area (Å²) < 4.78 is 11.3. The van der Waals surface area contributed by atoms with Gasteiger partial charge in [0.05, 0.1) is 24.4 Å². The maximum atomic E-state index is 9.43. The maximum Gasteiger partial charge on any atom is 0.228 e. The normalized spacial score (nSPS) is 14.4. The first kappa shape index (κ1) is 17.6. The molecule has 0 bridgehead atoms. The molecule has 0 saturated heterocycles. The molecular weight excluding hydrogens is 354 g/mol. The van der Waals surface area contributed by atoms with Crippen LogP contribution in [0.3, 0.4) is 0 Å². The number of rotatable bonds is 4. The zero-order valence-corrected chi connectivity index (χ0v) is 15.3. The number of nitrogens with one attached hydrogen (secondary N) is 1. The van der Waals surface area contributed by atoms with Gasteiger partial charge < -0.3 is 26.3 Å². The third kappa shape index (κ3) is 2.96. The Bertz CT molecular complexity index is 1080. The first-order chi connectivity index (χ1) is 13.6. The molecule has 0 amide bonds. The Morgan fingerprint density at radius 1 is 1.21 bits per heavy atom. The van der Waals surface area contributed by atoms with Crippen molar-refractivity contribution in [3.05, 3.63) is 70.8 Å². The minimum absolute atomic E-state index is 0.0481. The zero-order valence-electron chi connectivity index (χ0n) is 15.3. The van der Waals surface area contributed by atoms with E-state index < -0.39 is 0 Å². The lowest BCUT2D eigenvalue weighted by Gasteiger charge is -2.30. The highest BCUT2D eigenvalue weighted by molar-refractivity contribution is 5.73. The SMILES string of the molecule is COc1ccc2c(c1)Oc1nc(N)c(C#N)c(N)c1C2NCc1ccccc1. The number of benzene rings is 2. The highest BCUT2D eigenvalue weighted by Gasteiger charge is 2.32. The predicted octanol–water partition coefficient (Wildman–Crippen LogP) is 3.11. The fourth-order valence-corrected chi connectivity index (χ4v) is 3.34. The van der Waals surface area contributed by atoms with Gasteiger partial charge in [-0.1, -0.05) is 30.3 Å². The molecule has 0 spiro atoms. The number of fused-ring (bicyclic) bond motifs is 2. The molecule has 2 heterocycles. The number of pyridine rings is 1. The van der Waals surface area contributed by atoms with Gasteiger partial charge in [-0.2, -0.15) is 10.2 Å². The average Bonchev–Trinajstić information content (AvgIpc) is 2.71. The molecule has 0 aliphatic carbocycles. The summed E-state index contributed by atoms with van der Waals surface area (Å²) in [5.41, 5.74) is 15.2. The van der Waals surface area contributed by atoms with E-state index in [4.69, 9.17) is 20.9 Å². The summed E-state index contributed by atoms with van der Waals surface area (Å²) in [7, 11) is 1.59. The number of ether oxygens (including phenoxy) is 2. The number of hydrogen-bond donors (Lipinski definition) is 3. The standard InChI is InChI=1S/C21H19N5O2/c1-27-13-7-8-14-16(9-13)28-21-17(18(23)15(10-22)20(24)26-21)19(14)25-11-12-5-3-2-4-6-12/h2-9,19,25H,11H2,1H3,(H4,23,24,26). The molecule has 2 aromatic carbocycles. The summed E-state index contributed by atoms with van der Waals surface area (Å²) in [6.07, 6.45) is 0. The van der Waals surface area contributed by atoms with E-state index in [0.29, 0.717) is 29.5 Å². The molecule has 5 N–H and O–H groups in total. The van der Waals surface area contributed by atoms with E-state index in [0.717, 1.165) is 11.1 Å². The van der Waals surface area contributed by atoms with Gasteiger partial charge in [0.15, 0.2) is 0 Å². The van der Waals surface area contributed by atoms with Crippen LogP contribution in [0.15, 0.2) is 48.5 Å². The fraction of sp³-hybridized carbons (Fsp3) is 0.143. The topological polar surface area (TPSA) is 119 Å². The zero-order chi connectivity index (χ0) is 19.7. The van der Waals surface area contributed by atoms with Gasteiger partial charge in [0.25, 0.3) is 0 Å². The minimum Gasteiger partial charge on any atom is -0.497 e. The number of nitrogens with zero attached hydrogens (tertiary/aromatic N) is 2. The fourth-order valence-electron chi connectivity index (χ4n) is 3.34. The van der Waals surface area contributed by atoms with Gasteiger partial charge in [-0.3, -0.25) is 0 Å². The van der Waals surface area contributed by atoms with Crippen molar-refractivity contribution < 1.29 is 9.47 Å². The number of nitrogen functional groups attached to an aromatic ring is 2. The molecule has 0 radical (unpaired) electrons. The summed E-state index contributed by atoms with van der Waals surface area (Å²) in [5, 5.41) is 12.9. The summed E-state index contributed by atoms with van der Waals surface area (Å²) in [4.78, 5) is 4.28. The van der Waals surface area contributed by atoms with E-state index in [-0.39, 0.29) is 23.1 Å². The van der Waals surface area contributed by atoms with Crippen LogP contribution in [0.5, 0.6) is 17.4 Å². The molecule has 3 aromatic rings. The Morgan fingerprint density at radius 2 is 2.00 bits per heavy atom. The maximum absolute atomic E-state index is 9.43. The van der Waals surface area contributed by atoms with Crippen LogP contribution in [-0.4, -0.2) is 12.1 Å². The van der Waals surface area contributed by atoms with Gasteiger partial charge >= 0.3 is 0 Å². The molecule has 140 valence electrons. The predicted molar refractivity (Wildman–Crippen MR) is 106 cm³/mol. The van der Waals surface area contributed by atoms with Crippen molar-refractivity contribution in [2.75, 3.05) is 18.6 Å². The van der Waals surface area contributed by atoms with Gasteiger partial charge in [0, 0.05) is 18.2 Å². The van der Waals surface area contributed by atoms with E-state index in [1.807, 2.05) is 48.5 Å². The molecule has 1 unspecified atom stereocenters. The minimum atomic E-state index is -0.315. The van der Waals surface area contributed by atoms with Gasteiger partial charge in [-0.25, -0.2) is 0 Å². The molecule has 1 atom stereocenters. The third-order valence-electron chi connectivity index (χ3n) is 4.76. The molecule has 0 saturated carbocycles. The van der Waals surface area contributed by atoms with Crippen molar-refractivity contribution in [3.8, 4) is 23.4 Å². The van der Waals surface area contributed by atoms with Crippen molar-refractivity contribution in [1.29, 1.82) is 5.26 Å². The molecule has 7 heteroatoms. The average molecular weight is 373 g/mol. The van der Waals surface area contributed by atoms with Gasteiger partial charge in [0.1, 0.15) is 28.9 Å². The van der Waals surface area contributed by atoms with Crippen molar-refractivity contribution in [3.63, 3.8) is 0 Å². The Morgan fingerprint density at radius 3 is 2.71 bits per heavy atom. The summed E-state index contributed by atoms with van der Waals surface area (Å²) >= 11 is 0. The van der Waals surface area contributed by atoms with E-state index >= 15 is 0 Å². The van der Waals surface area contributed by atoms with Crippen molar-refractivity contribution in [2.24, 2.45) is 0 Å². The highest BCUT2D eigenvalue weighted by Crippen LogP contribution is 2.47. The second-order valence-electron chi connectivity index (χ2n) is 6.42. The monoisotopic (exact) mass is 373 g/mol. The van der Waals surface area contributed by atoms with Crippen LogP contribution in [0.4, 0.5) is 11.5 Å². The van der Waals surface area contributed by atoms with Gasteiger partial charge in [-0.05, 0) is 17.7 Å². The van der Waals surface area contributed by atoms with Crippen molar-refractivity contribution >= 4 is 11.5 Å². The number of anilines is 2. The quantitative estimate of drug-likeness (QED) is 0.643. The van der Waals surface area contributed by atoms with Gasteiger partial charge in [-0.15, -0.1) is 0 Å². The number of methoxy groups -OCH3 is 1. The number of hydrogen-bond acceptors (Lipinski definition) is 7. The van der Waals surface area contributed by atoms with E-state index in [1.54, 1.807) is 13.2 Å². The first-order valence-corrected chi connectivity index (χ1v) is 8.74. The molecule has 4 rings (SSSR count). The van der Waals surface area contributed by atoms with Crippen LogP contribution < -0.4 is 26.3 Å². The Balaban J connectivity index is 1.82. The lowest BCUT2D eigenvalue weighted by atomic mass is 9.93. The number of aromatic nitrogens is 1. The molecule has 28 heavy (non-hydrogen) atoms. The van der Waals surface area contributed by atoms with E-state index in [1.165, 1.54) is 0 Å². The molecule has 1 aliphatic heterocycles. The Hall–Kier alpha value is -3.76. The Kier molecular flexibility index (Phi) is 4.47. The number of nitrogens with two attached hydrogens (primary N) is 2. The van der Waals surface area contributed by atoms with Crippen molar-refractivity contribution in [2.45, 2.75) is 12.6 Å². The summed E-state index contributed by atoms with van der Waals surface area (Å²) in [5.74, 6) is 1.61. The largest absolute Gasteiger partial charge is 0.497 e. The molecule has 1 aromatic heterocycles. The smallest absolute Gasteiger partial charge is 0.228 e. The van der Waals surface area contributed by atoms with Gasteiger partial charge in [0.2, 0.25) is 5.88 Å². The molecular formula is C21H19N5O2. The van der Waals surface area contributed by atoms with Crippen LogP contribution in [0.1, 0.15) is 28.3 Å². The molecule has 0 fully saturated rings. The second kappa shape index (κ2) is 7.10. The van der Waals surface area contributed by atoms with E-state index in [2.05, 4.69) is 10.3 Å². The van der Waals surface area contributed by atoms with Crippen molar-refractivity contribution in [1.82, 2.24) is 10.3 Å². The molecule has 7 nitrogen and oxygen atoms in total. The molecule has 1 aliphatic rings. The van der Waals surface area contributed by atoms with Crippen LogP contribution >= 0.6 is 0 Å². The summed E-state index contributed by atoms with van der Waals surface area (Å²) in [6.45, 7) is 0.599. The van der Waals surface area contributed by atoms with Crippen LogP contribution in [0.2, 0.25) is 0 Å². The highest BCUT2D eigenvalue weighted by atomic mass is 16.5. The number of nitriles is 1. The lowest BCUT2D eigenvalue weighted by molar-refractivity contribution is 0.392. The second-order valence-corrected chi connectivity index (χ2v) is 6.42. The van der Waals surface area contributed by atoms with E-state index in [9.17, 15) is 5.26 Å². The summed E-state index contributed by atoms with van der Waals surface area (Å²) in [6, 6.07) is 17.3. The van der Waals surface area contributed by atoms with Crippen LogP contribution in [0, 0.1) is 11.3 Å². The van der Waals surface area contributed by atoms with Crippen LogP contribution in [0.25, 0.3) is 0 Å².